The molecule has 2 N–H and O–H groups in total. The molecule has 0 spiro atoms. The minimum atomic E-state index is -1.59. The van der Waals surface area contributed by atoms with Crippen molar-refractivity contribution in [2.75, 3.05) is 0 Å². The summed E-state index contributed by atoms with van der Waals surface area (Å²) < 4.78 is 1.48. The van der Waals surface area contributed by atoms with Gasteiger partial charge >= 0.3 is 5.97 Å². The third-order valence-corrected chi connectivity index (χ3v) is 4.79. The van der Waals surface area contributed by atoms with E-state index in [1.54, 1.807) is 26.0 Å². The Morgan fingerprint density at radius 2 is 1.83 bits per heavy atom. The van der Waals surface area contributed by atoms with Crippen LogP contribution in [0.15, 0.2) is 36.9 Å². The predicted octanol–water partition coefficient (Wildman–Crippen LogP) is 2.37. The molecule has 23 heavy (non-hydrogen) atoms. The lowest BCUT2D eigenvalue weighted by molar-refractivity contribution is -0.177. The van der Waals surface area contributed by atoms with Crippen molar-refractivity contribution >= 4 is 5.97 Å². The number of benzene rings is 1. The van der Waals surface area contributed by atoms with Crippen molar-refractivity contribution in [2.24, 2.45) is 5.41 Å². The maximum Gasteiger partial charge on any atom is 0.312 e. The summed E-state index contributed by atoms with van der Waals surface area (Å²) in [7, 11) is 0. The number of nitrogens with zero attached hydrogens (tertiary/aromatic N) is 3. The molecule has 0 fully saturated rings. The van der Waals surface area contributed by atoms with Gasteiger partial charge in [-0.2, -0.15) is 5.10 Å². The van der Waals surface area contributed by atoms with E-state index >= 15 is 0 Å². The summed E-state index contributed by atoms with van der Waals surface area (Å²) in [6, 6.07) is 7.32. The second kappa shape index (κ2) is 6.50. The van der Waals surface area contributed by atoms with Gasteiger partial charge in [0, 0.05) is 0 Å². The van der Waals surface area contributed by atoms with Crippen molar-refractivity contribution in [1.29, 1.82) is 0 Å². The van der Waals surface area contributed by atoms with E-state index in [9.17, 15) is 15.0 Å². The molecule has 0 aliphatic carbocycles. The van der Waals surface area contributed by atoms with Crippen LogP contribution < -0.4 is 0 Å². The van der Waals surface area contributed by atoms with Gasteiger partial charge in [0.15, 0.2) is 0 Å². The van der Waals surface area contributed by atoms with E-state index in [-0.39, 0.29) is 6.54 Å². The van der Waals surface area contributed by atoms with E-state index < -0.39 is 17.0 Å². The van der Waals surface area contributed by atoms with Crippen molar-refractivity contribution in [1.82, 2.24) is 14.8 Å². The van der Waals surface area contributed by atoms with Crippen molar-refractivity contribution < 1.29 is 15.0 Å². The molecule has 1 heterocycles. The van der Waals surface area contributed by atoms with Gasteiger partial charge in [0.1, 0.15) is 23.7 Å². The average Bonchev–Trinajstić information content (AvgIpc) is 3.02. The molecule has 0 saturated carbocycles. The SMILES string of the molecule is CCC(CC)(C(=O)O)C(O)(Cn1cncn1)c1ccc(C)cc1. The number of hydrogen-bond acceptors (Lipinski definition) is 4. The van der Waals surface area contributed by atoms with Gasteiger partial charge in [0.05, 0.1) is 6.54 Å². The average molecular weight is 317 g/mol. The van der Waals surface area contributed by atoms with Gasteiger partial charge in [-0.05, 0) is 25.3 Å². The largest absolute Gasteiger partial charge is 0.481 e. The fourth-order valence-electron chi connectivity index (χ4n) is 3.21. The first kappa shape index (κ1) is 17.1. The highest BCUT2D eigenvalue weighted by atomic mass is 16.4. The summed E-state index contributed by atoms with van der Waals surface area (Å²) >= 11 is 0. The van der Waals surface area contributed by atoms with Gasteiger partial charge in [-0.25, -0.2) is 9.67 Å². The molecule has 0 saturated heterocycles. The summed E-state index contributed by atoms with van der Waals surface area (Å²) in [5.74, 6) is -1.01. The van der Waals surface area contributed by atoms with Gasteiger partial charge in [-0.15, -0.1) is 0 Å². The molecule has 2 rings (SSSR count). The van der Waals surface area contributed by atoms with Crippen LogP contribution in [0.2, 0.25) is 0 Å². The van der Waals surface area contributed by atoms with Crippen LogP contribution in [-0.2, 0) is 16.9 Å². The minimum Gasteiger partial charge on any atom is -0.481 e. The van der Waals surface area contributed by atoms with Gasteiger partial charge < -0.3 is 10.2 Å². The first-order chi connectivity index (χ1) is 10.9. The number of aliphatic hydroxyl groups is 1. The Morgan fingerprint density at radius 1 is 1.22 bits per heavy atom. The number of carboxylic acids is 1. The van der Waals surface area contributed by atoms with Crippen LogP contribution in [0.4, 0.5) is 0 Å². The normalized spacial score (nSPS) is 14.4. The molecule has 1 aromatic heterocycles. The number of rotatable bonds is 7. The highest BCUT2D eigenvalue weighted by molar-refractivity contribution is 5.76. The summed E-state index contributed by atoms with van der Waals surface area (Å²) in [4.78, 5) is 16.0. The van der Waals surface area contributed by atoms with Crippen LogP contribution in [0.25, 0.3) is 0 Å². The van der Waals surface area contributed by atoms with E-state index in [1.165, 1.54) is 17.3 Å². The molecule has 0 bridgehead atoms. The molecule has 0 amide bonds. The maximum absolute atomic E-state index is 12.1. The predicted molar refractivity (Wildman–Crippen MR) is 85.7 cm³/mol. The second-order valence-electron chi connectivity index (χ2n) is 5.91. The van der Waals surface area contributed by atoms with Crippen molar-refractivity contribution in [2.45, 2.75) is 45.8 Å². The molecule has 0 aliphatic rings. The first-order valence-electron chi connectivity index (χ1n) is 7.75. The number of carboxylic acid groups (broad SMARTS) is 1. The third-order valence-electron chi connectivity index (χ3n) is 4.79. The Hall–Kier alpha value is -2.21. The first-order valence-corrected chi connectivity index (χ1v) is 7.75. The summed E-state index contributed by atoms with van der Waals surface area (Å²) in [5.41, 5.74) is -1.28. The Bertz CT molecular complexity index is 648. The van der Waals surface area contributed by atoms with Gasteiger partial charge in [0.25, 0.3) is 0 Å². The van der Waals surface area contributed by atoms with Gasteiger partial charge in [-0.3, -0.25) is 4.79 Å². The molecule has 0 aliphatic heterocycles. The molecule has 124 valence electrons. The fourth-order valence-corrected chi connectivity index (χ4v) is 3.21. The quantitative estimate of drug-likeness (QED) is 0.818. The van der Waals surface area contributed by atoms with E-state index in [4.69, 9.17) is 0 Å². The fraction of sp³-hybridized carbons (Fsp3) is 0.471. The summed E-state index contributed by atoms with van der Waals surface area (Å²) in [6.45, 7) is 5.56. The smallest absolute Gasteiger partial charge is 0.312 e. The maximum atomic E-state index is 12.1. The summed E-state index contributed by atoms with van der Waals surface area (Å²) in [5, 5.41) is 25.5. The Labute approximate surface area is 135 Å². The highest BCUT2D eigenvalue weighted by Crippen LogP contribution is 2.46. The lowest BCUT2D eigenvalue weighted by atomic mass is 9.64. The van der Waals surface area contributed by atoms with Gasteiger partial charge in [-0.1, -0.05) is 43.7 Å². The summed E-state index contributed by atoms with van der Waals surface area (Å²) in [6.07, 6.45) is 3.46. The van der Waals surface area contributed by atoms with E-state index in [0.717, 1.165) is 5.56 Å². The molecule has 1 atom stereocenters. The zero-order valence-corrected chi connectivity index (χ0v) is 13.7. The van der Waals surface area contributed by atoms with E-state index in [1.807, 2.05) is 19.1 Å². The van der Waals surface area contributed by atoms with Crippen LogP contribution in [0.3, 0.4) is 0 Å². The number of aliphatic carboxylic acids is 1. The lowest BCUT2D eigenvalue weighted by Gasteiger charge is -2.43. The second-order valence-corrected chi connectivity index (χ2v) is 5.91. The standard InChI is InChI=1S/C17H23N3O3/c1-4-16(5-2,15(21)22)17(23,10-20-12-18-11-19-20)14-8-6-13(3)7-9-14/h6-9,11-12,23H,4-5,10H2,1-3H3,(H,21,22). The lowest BCUT2D eigenvalue weighted by Crippen LogP contribution is -2.53. The molecular weight excluding hydrogens is 294 g/mol. The zero-order chi connectivity index (χ0) is 17.1. The number of hydrogen-bond donors (Lipinski definition) is 2. The Balaban J connectivity index is 2.62. The molecule has 6 nitrogen and oxygen atoms in total. The van der Waals surface area contributed by atoms with E-state index in [2.05, 4.69) is 10.1 Å². The number of aryl methyl sites for hydroxylation is 1. The topological polar surface area (TPSA) is 88.2 Å². The Morgan fingerprint density at radius 3 is 2.26 bits per heavy atom. The van der Waals surface area contributed by atoms with Gasteiger partial charge in [0.2, 0.25) is 0 Å². The molecular formula is C17H23N3O3. The monoisotopic (exact) mass is 317 g/mol. The molecule has 0 radical (unpaired) electrons. The van der Waals surface area contributed by atoms with E-state index in [0.29, 0.717) is 18.4 Å². The molecule has 1 aromatic carbocycles. The molecule has 2 aromatic rings. The van der Waals surface area contributed by atoms with Crippen molar-refractivity contribution in [3.8, 4) is 0 Å². The van der Waals surface area contributed by atoms with Crippen molar-refractivity contribution in [3.05, 3.63) is 48.0 Å². The zero-order valence-electron chi connectivity index (χ0n) is 13.7. The number of carbonyl (C=O) groups is 1. The van der Waals surface area contributed by atoms with Crippen LogP contribution in [0.1, 0.15) is 37.8 Å². The van der Waals surface area contributed by atoms with Crippen LogP contribution in [0.5, 0.6) is 0 Å². The number of aromatic nitrogens is 3. The van der Waals surface area contributed by atoms with Crippen LogP contribution >= 0.6 is 0 Å². The van der Waals surface area contributed by atoms with Crippen molar-refractivity contribution in [3.63, 3.8) is 0 Å². The molecule has 1 unspecified atom stereocenters. The van der Waals surface area contributed by atoms with Crippen LogP contribution in [0, 0.1) is 12.3 Å². The highest BCUT2D eigenvalue weighted by Gasteiger charge is 2.55. The molecule has 6 heteroatoms. The Kier molecular flexibility index (Phi) is 4.85. The third kappa shape index (κ3) is 2.86. The van der Waals surface area contributed by atoms with Crippen LogP contribution in [-0.4, -0.2) is 30.9 Å². The minimum absolute atomic E-state index is 0.0318.